The first-order chi connectivity index (χ1) is 11.5. The second kappa shape index (κ2) is 6.65. The molecule has 0 spiro atoms. The molecule has 0 aliphatic carbocycles. The summed E-state index contributed by atoms with van der Waals surface area (Å²) in [6, 6.07) is 17.8. The number of benzene rings is 2. The Morgan fingerprint density at radius 3 is 2.54 bits per heavy atom. The van der Waals surface area contributed by atoms with Crippen molar-refractivity contribution in [2.45, 2.75) is 26.3 Å². The molecule has 4 nitrogen and oxygen atoms in total. The van der Waals surface area contributed by atoms with Crippen molar-refractivity contribution in [3.05, 3.63) is 60.2 Å². The lowest BCUT2D eigenvalue weighted by Crippen LogP contribution is -2.54. The predicted octanol–water partition coefficient (Wildman–Crippen LogP) is 3.63. The molecule has 1 unspecified atom stereocenters. The van der Waals surface area contributed by atoms with Crippen LogP contribution in [0.25, 0.3) is 0 Å². The van der Waals surface area contributed by atoms with Gasteiger partial charge in [-0.2, -0.15) is 0 Å². The largest absolute Gasteiger partial charge is 0.356 e. The lowest BCUT2D eigenvalue weighted by molar-refractivity contribution is 0.0533. The molecule has 24 heavy (non-hydrogen) atoms. The lowest BCUT2D eigenvalue weighted by atomic mass is 9.79. The molecule has 1 aliphatic heterocycles. The molecule has 3 N–H and O–H groups in total. The van der Waals surface area contributed by atoms with E-state index < -0.39 is 0 Å². The van der Waals surface area contributed by atoms with Crippen LogP contribution in [0.3, 0.4) is 0 Å². The van der Waals surface area contributed by atoms with Gasteiger partial charge in [0.15, 0.2) is 0 Å². The molecule has 3 rings (SSSR count). The van der Waals surface area contributed by atoms with Gasteiger partial charge in [-0.05, 0) is 42.2 Å². The first-order valence-corrected chi connectivity index (χ1v) is 8.43. The van der Waals surface area contributed by atoms with Gasteiger partial charge < -0.3 is 16.0 Å². The van der Waals surface area contributed by atoms with Crippen LogP contribution in [0, 0.1) is 5.41 Å². The molecule has 0 radical (unpaired) electrons. The summed E-state index contributed by atoms with van der Waals surface area (Å²) in [5.41, 5.74) is 8.76. The minimum absolute atomic E-state index is 0.0478. The summed E-state index contributed by atoms with van der Waals surface area (Å²) < 4.78 is 0. The summed E-state index contributed by atoms with van der Waals surface area (Å²) in [5.74, 6) is 0.0756. The zero-order valence-electron chi connectivity index (χ0n) is 14.3. The fourth-order valence-electron chi connectivity index (χ4n) is 3.15. The number of hydrogen-bond donors (Lipinski definition) is 2. The minimum Gasteiger partial charge on any atom is -0.356 e. The summed E-state index contributed by atoms with van der Waals surface area (Å²) in [4.78, 5) is 14.8. The summed E-state index contributed by atoms with van der Waals surface area (Å²) in [6.07, 6.45) is 0.848. The number of anilines is 2. The van der Waals surface area contributed by atoms with Crippen LogP contribution in [0.4, 0.5) is 11.4 Å². The molecule has 0 aromatic heterocycles. The topological polar surface area (TPSA) is 58.4 Å². The normalized spacial score (nSPS) is 19.8. The van der Waals surface area contributed by atoms with Crippen molar-refractivity contribution in [2.75, 3.05) is 18.4 Å². The number of rotatable bonds is 3. The van der Waals surface area contributed by atoms with Crippen LogP contribution in [-0.4, -0.2) is 29.9 Å². The molecule has 1 fully saturated rings. The maximum absolute atomic E-state index is 12.9. The molecule has 0 saturated carbocycles. The van der Waals surface area contributed by atoms with Crippen molar-refractivity contribution in [3.63, 3.8) is 0 Å². The number of nitrogens with one attached hydrogen (secondary N) is 1. The molecule has 1 saturated heterocycles. The molecule has 1 heterocycles. The number of likely N-dealkylation sites (tertiary alicyclic amines) is 1. The van der Waals surface area contributed by atoms with E-state index in [2.05, 4.69) is 19.2 Å². The molecular formula is C20H25N3O. The quantitative estimate of drug-likeness (QED) is 0.907. The van der Waals surface area contributed by atoms with Crippen molar-refractivity contribution in [1.82, 2.24) is 4.90 Å². The third-order valence-electron chi connectivity index (χ3n) is 4.77. The van der Waals surface area contributed by atoms with E-state index in [9.17, 15) is 4.79 Å². The van der Waals surface area contributed by atoms with Gasteiger partial charge in [-0.25, -0.2) is 0 Å². The van der Waals surface area contributed by atoms with Gasteiger partial charge in [0.2, 0.25) is 0 Å². The Balaban J connectivity index is 1.75. The number of para-hydroxylation sites is 1. The van der Waals surface area contributed by atoms with Crippen LogP contribution in [0.5, 0.6) is 0 Å². The lowest BCUT2D eigenvalue weighted by Gasteiger charge is -2.42. The van der Waals surface area contributed by atoms with Crippen LogP contribution in [-0.2, 0) is 0 Å². The zero-order valence-corrected chi connectivity index (χ0v) is 14.3. The molecule has 1 amide bonds. The number of nitrogens with two attached hydrogens (primary N) is 1. The first kappa shape index (κ1) is 16.5. The SMILES string of the molecule is CC1(C)CN(C(=O)c2cccc(Nc3ccccc3)c2)CCC1N. The highest BCUT2D eigenvalue weighted by Crippen LogP contribution is 2.29. The van der Waals surface area contributed by atoms with Crippen molar-refractivity contribution in [1.29, 1.82) is 0 Å². The molecule has 1 atom stereocenters. The van der Waals surface area contributed by atoms with Crippen LogP contribution in [0.2, 0.25) is 0 Å². The summed E-state index contributed by atoms with van der Waals surface area (Å²) in [6.45, 7) is 5.68. The van der Waals surface area contributed by atoms with Crippen LogP contribution >= 0.6 is 0 Å². The number of piperidine rings is 1. The van der Waals surface area contributed by atoms with E-state index in [0.717, 1.165) is 24.3 Å². The van der Waals surface area contributed by atoms with Gasteiger partial charge in [0.25, 0.3) is 5.91 Å². The third kappa shape index (κ3) is 3.60. The average molecular weight is 323 g/mol. The van der Waals surface area contributed by atoms with E-state index in [4.69, 9.17) is 5.73 Å². The number of carbonyl (C=O) groups excluding carboxylic acids is 1. The van der Waals surface area contributed by atoms with Gasteiger partial charge in [0, 0.05) is 36.1 Å². The van der Waals surface area contributed by atoms with Crippen LogP contribution in [0.15, 0.2) is 54.6 Å². The van der Waals surface area contributed by atoms with Crippen molar-refractivity contribution in [3.8, 4) is 0 Å². The van der Waals surface area contributed by atoms with Crippen molar-refractivity contribution >= 4 is 17.3 Å². The molecule has 2 aromatic carbocycles. The standard InChI is InChI=1S/C20H25N3O/c1-20(2)14-23(12-11-18(20)21)19(24)15-7-6-10-17(13-15)22-16-8-4-3-5-9-16/h3-10,13,18,22H,11-12,14,21H2,1-2H3. The van der Waals surface area contributed by atoms with E-state index >= 15 is 0 Å². The fourth-order valence-corrected chi connectivity index (χ4v) is 3.15. The van der Waals surface area contributed by atoms with E-state index in [-0.39, 0.29) is 17.4 Å². The van der Waals surface area contributed by atoms with Gasteiger partial charge in [0.1, 0.15) is 0 Å². The van der Waals surface area contributed by atoms with E-state index in [1.807, 2.05) is 59.5 Å². The van der Waals surface area contributed by atoms with Gasteiger partial charge in [0.05, 0.1) is 0 Å². The highest BCUT2D eigenvalue weighted by molar-refractivity contribution is 5.95. The molecular weight excluding hydrogens is 298 g/mol. The zero-order chi connectivity index (χ0) is 17.2. The van der Waals surface area contributed by atoms with E-state index in [0.29, 0.717) is 12.1 Å². The van der Waals surface area contributed by atoms with Crippen molar-refractivity contribution < 1.29 is 4.79 Å². The monoisotopic (exact) mass is 323 g/mol. The third-order valence-corrected chi connectivity index (χ3v) is 4.77. The Bertz CT molecular complexity index is 712. The highest BCUT2D eigenvalue weighted by atomic mass is 16.2. The number of amides is 1. The van der Waals surface area contributed by atoms with Gasteiger partial charge >= 0.3 is 0 Å². The molecule has 2 aromatic rings. The Labute approximate surface area is 143 Å². The maximum Gasteiger partial charge on any atom is 0.253 e. The maximum atomic E-state index is 12.9. The summed E-state index contributed by atoms with van der Waals surface area (Å²) in [5, 5.41) is 3.33. The minimum atomic E-state index is -0.0478. The van der Waals surface area contributed by atoms with Gasteiger partial charge in [-0.1, -0.05) is 38.1 Å². The van der Waals surface area contributed by atoms with Gasteiger partial charge in [-0.3, -0.25) is 4.79 Å². The van der Waals surface area contributed by atoms with Gasteiger partial charge in [-0.15, -0.1) is 0 Å². The molecule has 0 bridgehead atoms. The predicted molar refractivity (Wildman–Crippen MR) is 98.4 cm³/mol. The van der Waals surface area contributed by atoms with Crippen LogP contribution in [0.1, 0.15) is 30.6 Å². The van der Waals surface area contributed by atoms with Crippen LogP contribution < -0.4 is 11.1 Å². The average Bonchev–Trinajstić information content (AvgIpc) is 2.58. The second-order valence-electron chi connectivity index (χ2n) is 7.18. The fraction of sp³-hybridized carbons (Fsp3) is 0.350. The van der Waals surface area contributed by atoms with E-state index in [1.54, 1.807) is 0 Å². The number of carbonyl (C=O) groups is 1. The van der Waals surface area contributed by atoms with Crippen molar-refractivity contribution in [2.24, 2.45) is 11.1 Å². The number of nitrogens with zero attached hydrogens (tertiary/aromatic N) is 1. The Morgan fingerprint density at radius 2 is 1.83 bits per heavy atom. The summed E-state index contributed by atoms with van der Waals surface area (Å²) >= 11 is 0. The smallest absolute Gasteiger partial charge is 0.253 e. The summed E-state index contributed by atoms with van der Waals surface area (Å²) in [7, 11) is 0. The molecule has 1 aliphatic rings. The first-order valence-electron chi connectivity index (χ1n) is 8.43. The Morgan fingerprint density at radius 1 is 1.12 bits per heavy atom. The second-order valence-corrected chi connectivity index (χ2v) is 7.18. The van der Waals surface area contributed by atoms with E-state index in [1.165, 1.54) is 0 Å². The Kier molecular flexibility index (Phi) is 4.58. The number of hydrogen-bond acceptors (Lipinski definition) is 3. The Hall–Kier alpha value is -2.33. The highest BCUT2D eigenvalue weighted by Gasteiger charge is 2.35. The molecule has 126 valence electrons. The molecule has 4 heteroatoms.